The number of primary amides is 1. The van der Waals surface area contributed by atoms with Crippen LogP contribution >= 0.6 is 11.6 Å². The first kappa shape index (κ1) is 90.5. The van der Waals surface area contributed by atoms with E-state index in [9.17, 15) is 42.4 Å². The number of carbonyl (C=O) groups is 8. The number of alkyl halides is 3. The SMILES string of the molecule is Cc1c(N(C(=O)c2cc(-c3cc(Cl)ccc3C(=O)N3Cc4ccccc4C[C@H]3CCC[N+](C)(C)Cc3ccc(NC(=O)[C@H](CCCNC(N)=O)NC(=O)[C@@H](NC(=O)OC(C)(C)C)C(C)C)cc3CN(C)C(=O)OCC3c4ccccc4-c4ccccc43)n(C)c2C)c2ccc(O[Si](C)(C)C(C)(C)C)cc2)cc(C#N)n1C.O=C([O-])C(F)(F)F. The molecule has 2 aromatic heterocycles. The molecular weight excluding hydrogens is 1550 g/mol. The van der Waals surface area contributed by atoms with Crippen molar-refractivity contribution in [1.29, 1.82) is 5.26 Å². The number of nitrogens with one attached hydrogen (secondary N) is 4. The minimum absolute atomic E-state index is 0.0439. The van der Waals surface area contributed by atoms with Crippen LogP contribution in [-0.2, 0) is 64.0 Å². The fourth-order valence-corrected chi connectivity index (χ4v) is 15.7. The molecule has 118 heavy (non-hydrogen) atoms. The van der Waals surface area contributed by atoms with Gasteiger partial charge in [0.15, 0.2) is 0 Å². The highest BCUT2D eigenvalue weighted by molar-refractivity contribution is 6.74. The summed E-state index contributed by atoms with van der Waals surface area (Å²) in [7, 11) is 7.43. The lowest BCUT2D eigenvalue weighted by Crippen LogP contribution is -2.55. The fraction of sp³-hybridized carbons (Fsp3) is 0.404. The number of nitrogens with two attached hydrogens (primary N) is 1. The van der Waals surface area contributed by atoms with Gasteiger partial charge in [-0.15, -0.1) is 0 Å². The van der Waals surface area contributed by atoms with E-state index in [2.05, 4.69) is 112 Å². The van der Waals surface area contributed by atoms with Crippen molar-refractivity contribution in [2.75, 3.05) is 51.1 Å². The lowest BCUT2D eigenvalue weighted by atomic mass is 9.90. The average Bonchev–Trinajstić information content (AvgIpc) is 1.55. The van der Waals surface area contributed by atoms with Gasteiger partial charge >= 0.3 is 24.4 Å². The standard InChI is InChI=1S/C87H107ClN12O10Si.C2HF3O2/c1-54(2)78(94-84(106)109-86(5,6)7)80(102)93-75(33-24-42-91-83(90)105)79(101)92-62-36-34-59(60(44-62)50-95(11)85(107)108-53-74-69-31-22-20-29-67(69)68-30-21-23-32-70(68)74)52-100(14,15)43-25-28-64-45-57-26-18-19-27-58(57)51-98(64)81(103)71-41-35-61(88)46-73(71)77-48-72(55(3)97(77)13)82(104)99(76-47-65(49-89)96(12)56(76)4)63-37-39-66(40-38-63)110-111(16,17)87(8,9)10;3-2(4,5)1(6)7/h18-23,26-27,29-32,34-41,44,46-48,54,64,74-75,78H,24-25,28,33,42-43,45,50-53H2,1-17H3,(H5-,90,91,92,93,94,101,102,105,106);(H,6,7)/t64-,75+,78+;/m1./s1. The molecule has 10 rings (SSSR count). The highest BCUT2D eigenvalue weighted by Crippen LogP contribution is 2.46. The Morgan fingerprint density at radius 3 is 1.96 bits per heavy atom. The number of benzene rings is 6. The Kier molecular flexibility index (Phi) is 28.7. The number of ether oxygens (including phenoxy) is 2. The predicted molar refractivity (Wildman–Crippen MR) is 449 cm³/mol. The van der Waals surface area contributed by atoms with Crippen molar-refractivity contribution in [3.05, 3.63) is 212 Å². The number of carbonyl (C=O) groups excluding carboxylic acids is 8. The van der Waals surface area contributed by atoms with Crippen LogP contribution in [0.1, 0.15) is 158 Å². The number of aliphatic carboxylic acids is 1. The third-order valence-electron chi connectivity index (χ3n) is 22.1. The zero-order valence-corrected chi connectivity index (χ0v) is 71.9. The largest absolute Gasteiger partial charge is 0.544 e. The molecule has 0 saturated carbocycles. The first-order chi connectivity index (χ1) is 55.3. The van der Waals surface area contributed by atoms with Crippen LogP contribution in [0.5, 0.6) is 5.75 Å². The van der Waals surface area contributed by atoms with Crippen molar-refractivity contribution in [2.45, 2.75) is 175 Å². The highest BCUT2D eigenvalue weighted by Gasteiger charge is 2.41. The van der Waals surface area contributed by atoms with Gasteiger partial charge in [-0.2, -0.15) is 18.4 Å². The van der Waals surface area contributed by atoms with Gasteiger partial charge in [-0.25, -0.2) is 14.4 Å². The molecule has 0 saturated heterocycles. The second-order valence-electron chi connectivity index (χ2n) is 33.7. The van der Waals surface area contributed by atoms with Crippen LogP contribution in [0.2, 0.25) is 23.2 Å². The van der Waals surface area contributed by atoms with Gasteiger partial charge in [-0.3, -0.25) is 24.1 Å². The minimum Gasteiger partial charge on any atom is -0.544 e. The number of fused-ring (bicyclic) bond motifs is 4. The number of aromatic nitrogens is 2. The summed E-state index contributed by atoms with van der Waals surface area (Å²) in [5.41, 5.74) is 18.0. The molecule has 0 unspecified atom stereocenters. The van der Waals surface area contributed by atoms with E-state index in [0.29, 0.717) is 111 Å². The molecule has 3 atom stereocenters. The number of quaternary nitrogens is 1. The number of hydrogen-bond donors (Lipinski definition) is 5. The lowest BCUT2D eigenvalue weighted by Gasteiger charge is -2.38. The van der Waals surface area contributed by atoms with Gasteiger partial charge in [0.05, 0.1) is 31.9 Å². The summed E-state index contributed by atoms with van der Waals surface area (Å²) in [6, 6.07) is 45.6. The molecule has 8 aromatic rings. The minimum atomic E-state index is -5.19. The molecule has 0 bridgehead atoms. The zero-order chi connectivity index (χ0) is 86.8. The summed E-state index contributed by atoms with van der Waals surface area (Å²) in [6.45, 7) is 25.2. The number of anilines is 3. The molecule has 1 aliphatic heterocycles. The summed E-state index contributed by atoms with van der Waals surface area (Å²) in [4.78, 5) is 113. The molecule has 6 aromatic carbocycles. The quantitative estimate of drug-likeness (QED) is 0.0182. The van der Waals surface area contributed by atoms with Crippen molar-refractivity contribution in [2.24, 2.45) is 25.7 Å². The molecular formula is C89H108ClF3N12O12Si. The van der Waals surface area contributed by atoms with Crippen molar-refractivity contribution < 1.29 is 75.0 Å². The van der Waals surface area contributed by atoms with E-state index in [1.807, 2.05) is 109 Å². The average molecular weight is 1660 g/mol. The van der Waals surface area contributed by atoms with Crippen LogP contribution in [0, 0.1) is 31.1 Å². The topological polar surface area (TPSA) is 305 Å². The molecule has 3 heterocycles. The number of hydrogen-bond acceptors (Lipinski definition) is 13. The maximum absolute atomic E-state index is 15.8. The Bertz CT molecular complexity index is 5050. The summed E-state index contributed by atoms with van der Waals surface area (Å²) >= 11 is 6.93. The number of rotatable bonds is 27. The zero-order valence-electron chi connectivity index (χ0n) is 70.1. The number of urea groups is 1. The molecule has 6 N–H and O–H groups in total. The number of halogens is 4. The van der Waals surface area contributed by atoms with Crippen LogP contribution in [-0.4, -0.2) is 150 Å². The fourth-order valence-electron chi connectivity index (χ4n) is 14.5. The number of carboxylic acid groups (broad SMARTS) is 1. The van der Waals surface area contributed by atoms with Crippen molar-refractivity contribution in [3.63, 3.8) is 0 Å². The maximum atomic E-state index is 15.8. The number of nitrogens with zero attached hydrogens (tertiary/aromatic N) is 7. The Labute approximate surface area is 694 Å². The Balaban J connectivity index is 0.00000217. The van der Waals surface area contributed by atoms with Crippen LogP contribution in [0.4, 0.5) is 44.6 Å². The molecule has 24 nitrogen and oxygen atoms in total. The summed E-state index contributed by atoms with van der Waals surface area (Å²) in [5, 5.41) is 30.5. The normalized spacial score (nSPS) is 13.9. The number of alkyl carbamates (subject to hydrolysis) is 1. The van der Waals surface area contributed by atoms with Gasteiger partial charge in [0.25, 0.3) is 11.8 Å². The second-order valence-corrected chi connectivity index (χ2v) is 38.9. The monoisotopic (exact) mass is 1660 g/mol. The van der Waals surface area contributed by atoms with E-state index < -0.39 is 74.1 Å². The van der Waals surface area contributed by atoms with Crippen LogP contribution in [0.3, 0.4) is 0 Å². The van der Waals surface area contributed by atoms with Crippen LogP contribution in [0.25, 0.3) is 22.4 Å². The summed E-state index contributed by atoms with van der Waals surface area (Å²) in [6.07, 6.45) is -4.22. The maximum Gasteiger partial charge on any atom is 0.430 e. The predicted octanol–water partition coefficient (Wildman–Crippen LogP) is 15.3. The van der Waals surface area contributed by atoms with Crippen LogP contribution < -0.4 is 41.4 Å². The second kappa shape index (κ2) is 37.5. The van der Waals surface area contributed by atoms with E-state index in [-0.39, 0.29) is 61.4 Å². The molecule has 2 aliphatic rings. The molecule has 0 fully saturated rings. The van der Waals surface area contributed by atoms with Gasteiger partial charge in [-0.1, -0.05) is 125 Å². The third kappa shape index (κ3) is 22.2. The van der Waals surface area contributed by atoms with Gasteiger partial charge in [0, 0.05) is 103 Å². The molecule has 628 valence electrons. The van der Waals surface area contributed by atoms with Gasteiger partial charge in [0.1, 0.15) is 54.3 Å². The summed E-state index contributed by atoms with van der Waals surface area (Å²) in [5.74, 6) is -4.58. The summed E-state index contributed by atoms with van der Waals surface area (Å²) < 4.78 is 54.0. The van der Waals surface area contributed by atoms with Crippen molar-refractivity contribution in [3.8, 4) is 34.2 Å². The van der Waals surface area contributed by atoms with E-state index in [4.69, 9.17) is 41.1 Å². The number of nitriles is 1. The molecule has 0 radical (unpaired) electrons. The molecule has 29 heteroatoms. The van der Waals surface area contributed by atoms with Gasteiger partial charge in [0.2, 0.25) is 20.1 Å². The smallest absolute Gasteiger partial charge is 0.430 e. The molecule has 1 aliphatic carbocycles. The van der Waals surface area contributed by atoms with E-state index in [1.165, 1.54) is 4.90 Å². The van der Waals surface area contributed by atoms with Gasteiger partial charge in [-0.05, 0) is 196 Å². The Morgan fingerprint density at radius 2 is 1.37 bits per heavy atom. The van der Waals surface area contributed by atoms with E-state index in [0.717, 1.165) is 44.5 Å². The third-order valence-corrected chi connectivity index (χ3v) is 26.7. The first-order valence-corrected chi connectivity index (χ1v) is 42.5. The number of carboxylic acids is 1. The van der Waals surface area contributed by atoms with E-state index >= 15 is 9.59 Å². The van der Waals surface area contributed by atoms with Crippen molar-refractivity contribution >= 4 is 84.8 Å². The number of amides is 8. The van der Waals surface area contributed by atoms with E-state index in [1.54, 1.807) is 88.5 Å². The lowest BCUT2D eigenvalue weighted by molar-refractivity contribution is -0.903. The first-order valence-electron chi connectivity index (χ1n) is 39.2. The van der Waals surface area contributed by atoms with Crippen molar-refractivity contribution in [1.82, 2.24) is 34.9 Å². The molecule has 0 spiro atoms. The molecule has 8 amide bonds. The Morgan fingerprint density at radius 1 is 0.754 bits per heavy atom. The Hall–Kier alpha value is -11.4. The van der Waals surface area contributed by atoms with Crippen LogP contribution in [0.15, 0.2) is 146 Å². The highest BCUT2D eigenvalue weighted by atomic mass is 35.5. The van der Waals surface area contributed by atoms with Gasteiger partial charge < -0.3 is 74.2 Å².